The van der Waals surface area contributed by atoms with Crippen LogP contribution in [-0.2, 0) is 4.74 Å². The van der Waals surface area contributed by atoms with Crippen LogP contribution in [0.2, 0.25) is 0 Å². The summed E-state index contributed by atoms with van der Waals surface area (Å²) in [5.74, 6) is -1.90. The fraction of sp³-hybridized carbons (Fsp3) is 0.417. The first-order chi connectivity index (χ1) is 8.40. The standard InChI is InChI=1S/C12H16F2N2O2/c1-7(2)18-12(17)16-6-11(15)8-3-4-9(13)10(14)5-8/h3-5,7,11H,6,15H2,1-2H3,(H,16,17). The molecule has 3 N–H and O–H groups in total. The Hall–Kier alpha value is -1.69. The first kappa shape index (κ1) is 14.4. The number of carbonyl (C=O) groups is 1. The zero-order chi connectivity index (χ0) is 13.7. The number of carbonyl (C=O) groups excluding carboxylic acids is 1. The van der Waals surface area contributed by atoms with Crippen LogP contribution in [0.4, 0.5) is 13.6 Å². The van der Waals surface area contributed by atoms with Crippen LogP contribution in [0.1, 0.15) is 25.5 Å². The first-order valence-electron chi connectivity index (χ1n) is 5.55. The van der Waals surface area contributed by atoms with E-state index in [1.165, 1.54) is 6.07 Å². The summed E-state index contributed by atoms with van der Waals surface area (Å²) in [6, 6.07) is 2.75. The average Bonchev–Trinajstić information content (AvgIpc) is 2.28. The Morgan fingerprint density at radius 1 is 1.39 bits per heavy atom. The van der Waals surface area contributed by atoms with Gasteiger partial charge in [0.15, 0.2) is 11.6 Å². The molecule has 0 saturated carbocycles. The molecule has 0 aliphatic carbocycles. The molecule has 0 aromatic heterocycles. The molecule has 1 aromatic carbocycles. The number of hydrogen-bond acceptors (Lipinski definition) is 3. The van der Waals surface area contributed by atoms with E-state index in [-0.39, 0.29) is 12.6 Å². The summed E-state index contributed by atoms with van der Waals surface area (Å²) in [4.78, 5) is 11.2. The maximum Gasteiger partial charge on any atom is 0.407 e. The monoisotopic (exact) mass is 258 g/mol. The van der Waals surface area contributed by atoms with Crippen molar-refractivity contribution in [1.29, 1.82) is 0 Å². The van der Waals surface area contributed by atoms with Gasteiger partial charge in [0.25, 0.3) is 0 Å². The van der Waals surface area contributed by atoms with Crippen molar-refractivity contribution in [1.82, 2.24) is 5.32 Å². The van der Waals surface area contributed by atoms with Crippen molar-refractivity contribution in [3.63, 3.8) is 0 Å². The average molecular weight is 258 g/mol. The lowest BCUT2D eigenvalue weighted by Gasteiger charge is -2.14. The van der Waals surface area contributed by atoms with Crippen LogP contribution in [0.5, 0.6) is 0 Å². The minimum Gasteiger partial charge on any atom is -0.447 e. The fourth-order valence-corrected chi connectivity index (χ4v) is 1.31. The van der Waals surface area contributed by atoms with Crippen molar-refractivity contribution >= 4 is 6.09 Å². The minimum atomic E-state index is -0.965. The summed E-state index contributed by atoms with van der Waals surface area (Å²) in [6.07, 6.45) is -0.826. The number of amides is 1. The fourth-order valence-electron chi connectivity index (χ4n) is 1.31. The lowest BCUT2D eigenvalue weighted by molar-refractivity contribution is 0.115. The van der Waals surface area contributed by atoms with E-state index in [0.29, 0.717) is 5.56 Å². The van der Waals surface area contributed by atoms with E-state index < -0.39 is 23.8 Å². The van der Waals surface area contributed by atoms with Crippen molar-refractivity contribution < 1.29 is 18.3 Å². The minimum absolute atomic E-state index is 0.0800. The molecule has 0 bridgehead atoms. The Labute approximate surface area is 104 Å². The molecule has 1 atom stereocenters. The number of nitrogens with one attached hydrogen (secondary N) is 1. The van der Waals surface area contributed by atoms with Crippen molar-refractivity contribution in [2.75, 3.05) is 6.54 Å². The van der Waals surface area contributed by atoms with Crippen molar-refractivity contribution in [2.45, 2.75) is 26.0 Å². The quantitative estimate of drug-likeness (QED) is 0.869. The maximum absolute atomic E-state index is 13.0. The van der Waals surface area contributed by atoms with Crippen LogP contribution in [0.25, 0.3) is 0 Å². The summed E-state index contributed by atoms with van der Waals surface area (Å²) >= 11 is 0. The third-order valence-electron chi connectivity index (χ3n) is 2.18. The molecule has 0 aliphatic rings. The molecule has 1 unspecified atom stereocenters. The van der Waals surface area contributed by atoms with Gasteiger partial charge in [-0.3, -0.25) is 0 Å². The summed E-state index contributed by atoms with van der Waals surface area (Å²) in [6.45, 7) is 3.51. The van der Waals surface area contributed by atoms with E-state index in [1.54, 1.807) is 13.8 Å². The predicted octanol–water partition coefficient (Wildman–Crippen LogP) is 2.10. The van der Waals surface area contributed by atoms with Gasteiger partial charge in [-0.2, -0.15) is 0 Å². The lowest BCUT2D eigenvalue weighted by Crippen LogP contribution is -2.33. The Kier molecular flexibility index (Phi) is 5.03. The highest BCUT2D eigenvalue weighted by molar-refractivity contribution is 5.67. The molecular formula is C12H16F2N2O2. The molecule has 0 fully saturated rings. The van der Waals surface area contributed by atoms with Crippen LogP contribution >= 0.6 is 0 Å². The summed E-state index contributed by atoms with van der Waals surface area (Å²) in [7, 11) is 0. The van der Waals surface area contributed by atoms with E-state index in [2.05, 4.69) is 5.32 Å². The van der Waals surface area contributed by atoms with Gasteiger partial charge in [-0.25, -0.2) is 13.6 Å². The van der Waals surface area contributed by atoms with E-state index in [9.17, 15) is 13.6 Å². The Bertz CT molecular complexity index is 425. The molecule has 0 spiro atoms. The smallest absolute Gasteiger partial charge is 0.407 e. The largest absolute Gasteiger partial charge is 0.447 e. The molecule has 6 heteroatoms. The van der Waals surface area contributed by atoms with Gasteiger partial charge in [-0.1, -0.05) is 6.07 Å². The van der Waals surface area contributed by atoms with E-state index in [0.717, 1.165) is 12.1 Å². The molecule has 100 valence electrons. The molecule has 0 radical (unpaired) electrons. The molecule has 1 aromatic rings. The molecule has 18 heavy (non-hydrogen) atoms. The number of ether oxygens (including phenoxy) is 1. The SMILES string of the molecule is CC(C)OC(=O)NCC(N)c1ccc(F)c(F)c1. The zero-order valence-electron chi connectivity index (χ0n) is 10.2. The Morgan fingerprint density at radius 3 is 2.61 bits per heavy atom. The van der Waals surface area contributed by atoms with Gasteiger partial charge in [0.2, 0.25) is 0 Å². The van der Waals surface area contributed by atoms with Gasteiger partial charge in [0.05, 0.1) is 6.10 Å². The summed E-state index contributed by atoms with van der Waals surface area (Å²) in [5, 5.41) is 2.44. The van der Waals surface area contributed by atoms with Crippen LogP contribution in [0.3, 0.4) is 0 Å². The number of alkyl carbamates (subject to hydrolysis) is 1. The molecule has 1 rings (SSSR count). The summed E-state index contributed by atoms with van der Waals surface area (Å²) < 4.78 is 30.5. The van der Waals surface area contributed by atoms with Crippen LogP contribution < -0.4 is 11.1 Å². The number of halogens is 2. The predicted molar refractivity (Wildman–Crippen MR) is 62.9 cm³/mol. The van der Waals surface area contributed by atoms with Gasteiger partial charge in [0.1, 0.15) is 0 Å². The second kappa shape index (κ2) is 6.30. The van der Waals surface area contributed by atoms with Gasteiger partial charge in [-0.15, -0.1) is 0 Å². The van der Waals surface area contributed by atoms with E-state index in [4.69, 9.17) is 10.5 Å². The van der Waals surface area contributed by atoms with Crippen molar-refractivity contribution in [3.8, 4) is 0 Å². The topological polar surface area (TPSA) is 64.3 Å². The first-order valence-corrected chi connectivity index (χ1v) is 5.55. The highest BCUT2D eigenvalue weighted by atomic mass is 19.2. The van der Waals surface area contributed by atoms with Crippen LogP contribution in [0, 0.1) is 11.6 Å². The third-order valence-corrected chi connectivity index (χ3v) is 2.18. The zero-order valence-corrected chi connectivity index (χ0v) is 10.2. The second-order valence-corrected chi connectivity index (χ2v) is 4.12. The molecule has 0 saturated heterocycles. The molecule has 1 amide bonds. The highest BCUT2D eigenvalue weighted by Gasteiger charge is 2.12. The molecule has 4 nitrogen and oxygen atoms in total. The molecule has 0 aliphatic heterocycles. The molecule has 0 heterocycles. The lowest BCUT2D eigenvalue weighted by atomic mass is 10.1. The molecular weight excluding hydrogens is 242 g/mol. The van der Waals surface area contributed by atoms with Gasteiger partial charge in [0, 0.05) is 12.6 Å². The van der Waals surface area contributed by atoms with Gasteiger partial charge in [-0.05, 0) is 31.5 Å². The second-order valence-electron chi connectivity index (χ2n) is 4.12. The van der Waals surface area contributed by atoms with E-state index in [1.807, 2.05) is 0 Å². The van der Waals surface area contributed by atoms with Crippen LogP contribution in [-0.4, -0.2) is 18.7 Å². The van der Waals surface area contributed by atoms with Gasteiger partial charge >= 0.3 is 6.09 Å². The van der Waals surface area contributed by atoms with Crippen molar-refractivity contribution in [2.24, 2.45) is 5.73 Å². The Morgan fingerprint density at radius 2 is 2.06 bits per heavy atom. The number of hydrogen-bond donors (Lipinski definition) is 2. The highest BCUT2D eigenvalue weighted by Crippen LogP contribution is 2.13. The van der Waals surface area contributed by atoms with Crippen molar-refractivity contribution in [3.05, 3.63) is 35.4 Å². The normalized spacial score (nSPS) is 12.3. The van der Waals surface area contributed by atoms with Gasteiger partial charge < -0.3 is 15.8 Å². The third kappa shape index (κ3) is 4.29. The number of nitrogens with two attached hydrogens (primary N) is 1. The van der Waals surface area contributed by atoms with E-state index >= 15 is 0 Å². The number of rotatable bonds is 4. The Balaban J connectivity index is 2.52. The van der Waals surface area contributed by atoms with Crippen LogP contribution in [0.15, 0.2) is 18.2 Å². The maximum atomic E-state index is 13.0. The summed E-state index contributed by atoms with van der Waals surface area (Å²) in [5.41, 5.74) is 6.14. The number of benzene rings is 1.